The minimum Gasteiger partial charge on any atom is -0.381 e. The standard InChI is InChI=1S/C25H26ClN9O2/c1-17-18(2-5-23(30-17)33-13-25(14-33)6-7-37-15-25)11-34-12-20(10-29-34)24(36)27-9-19-8-21(26)3-4-22(19)35-16-28-31-32-35/h2-5,8,10,12,16H,6-7,9,11,13-15H2,1H3,(H,27,36). The normalized spacial score (nSPS) is 16.2. The van der Waals surface area contributed by atoms with Crippen LogP contribution < -0.4 is 10.2 Å². The van der Waals surface area contributed by atoms with E-state index in [0.717, 1.165) is 61.1 Å². The molecule has 11 nitrogen and oxygen atoms in total. The third-order valence-electron chi connectivity index (χ3n) is 7.05. The molecule has 0 unspecified atom stereocenters. The van der Waals surface area contributed by atoms with E-state index in [4.69, 9.17) is 21.3 Å². The van der Waals surface area contributed by atoms with E-state index in [1.807, 2.05) is 13.0 Å². The number of rotatable bonds is 7. The predicted octanol–water partition coefficient (Wildman–Crippen LogP) is 2.42. The van der Waals surface area contributed by atoms with Gasteiger partial charge in [-0.3, -0.25) is 9.48 Å². The molecule has 2 fully saturated rings. The van der Waals surface area contributed by atoms with Gasteiger partial charge in [-0.1, -0.05) is 17.7 Å². The number of halogens is 1. The Bertz CT molecular complexity index is 1420. The number of benzene rings is 1. The number of carbonyl (C=O) groups excluding carboxylic acids is 1. The number of nitrogens with zero attached hydrogens (tertiary/aromatic N) is 8. The fourth-order valence-electron chi connectivity index (χ4n) is 4.95. The molecule has 6 rings (SSSR count). The van der Waals surface area contributed by atoms with Crippen molar-refractivity contribution in [3.05, 3.63) is 76.5 Å². The number of aryl methyl sites for hydroxylation is 1. The fraction of sp³-hybridized carbons (Fsp3) is 0.360. The lowest BCUT2D eigenvalue weighted by Crippen LogP contribution is -2.57. The maximum absolute atomic E-state index is 12.8. The summed E-state index contributed by atoms with van der Waals surface area (Å²) in [5.41, 5.74) is 4.33. The first-order chi connectivity index (χ1) is 18.0. The Kier molecular flexibility index (Phi) is 6.09. The number of ether oxygens (including phenoxy) is 1. The Morgan fingerprint density at radius 1 is 1.22 bits per heavy atom. The monoisotopic (exact) mass is 519 g/mol. The molecule has 5 heterocycles. The molecule has 12 heteroatoms. The topological polar surface area (TPSA) is 116 Å². The molecule has 0 aliphatic carbocycles. The first kappa shape index (κ1) is 23.6. The molecule has 1 N–H and O–H groups in total. The van der Waals surface area contributed by atoms with Gasteiger partial charge >= 0.3 is 0 Å². The van der Waals surface area contributed by atoms with E-state index in [-0.39, 0.29) is 12.5 Å². The highest BCUT2D eigenvalue weighted by Crippen LogP contribution is 2.40. The summed E-state index contributed by atoms with van der Waals surface area (Å²) in [6.07, 6.45) is 5.93. The third-order valence-corrected chi connectivity index (χ3v) is 7.28. The summed E-state index contributed by atoms with van der Waals surface area (Å²) in [7, 11) is 0. The number of hydrogen-bond acceptors (Lipinski definition) is 8. The van der Waals surface area contributed by atoms with Crippen LogP contribution in [0.15, 0.2) is 49.1 Å². The van der Waals surface area contributed by atoms with Gasteiger partial charge in [-0.2, -0.15) is 5.10 Å². The Labute approximate surface area is 218 Å². The average Bonchev–Trinajstić information content (AvgIpc) is 3.65. The Morgan fingerprint density at radius 2 is 2.11 bits per heavy atom. The van der Waals surface area contributed by atoms with Crippen molar-refractivity contribution in [2.75, 3.05) is 31.2 Å². The summed E-state index contributed by atoms with van der Waals surface area (Å²) in [6, 6.07) is 9.50. The van der Waals surface area contributed by atoms with Crippen molar-refractivity contribution in [2.45, 2.75) is 26.4 Å². The van der Waals surface area contributed by atoms with Gasteiger partial charge in [0, 0.05) is 48.6 Å². The van der Waals surface area contributed by atoms with Crippen molar-refractivity contribution in [1.82, 2.24) is 40.3 Å². The molecule has 2 aliphatic heterocycles. The van der Waals surface area contributed by atoms with E-state index in [9.17, 15) is 4.79 Å². The van der Waals surface area contributed by atoms with Gasteiger partial charge in [0.1, 0.15) is 12.1 Å². The summed E-state index contributed by atoms with van der Waals surface area (Å²) in [5.74, 6) is 0.767. The van der Waals surface area contributed by atoms with Gasteiger partial charge in [0.25, 0.3) is 5.91 Å². The molecule has 3 aromatic heterocycles. The van der Waals surface area contributed by atoms with Crippen LogP contribution in [0.1, 0.15) is 33.6 Å². The van der Waals surface area contributed by atoms with Crippen LogP contribution in [0.3, 0.4) is 0 Å². The number of pyridine rings is 1. The second-order valence-corrected chi connectivity index (χ2v) is 10.1. The summed E-state index contributed by atoms with van der Waals surface area (Å²) >= 11 is 6.17. The summed E-state index contributed by atoms with van der Waals surface area (Å²) in [5, 5.41) is 19.1. The van der Waals surface area contributed by atoms with E-state index >= 15 is 0 Å². The van der Waals surface area contributed by atoms with Crippen LogP contribution in [0.2, 0.25) is 5.02 Å². The SMILES string of the molecule is Cc1nc(N2CC3(CCOC3)C2)ccc1Cn1cc(C(=O)NCc2cc(Cl)ccc2-n2cnnn2)cn1. The fourth-order valence-corrected chi connectivity index (χ4v) is 5.15. The number of anilines is 1. The lowest BCUT2D eigenvalue weighted by Gasteiger charge is -2.48. The van der Waals surface area contributed by atoms with E-state index in [1.165, 1.54) is 11.0 Å². The number of tetrazole rings is 1. The van der Waals surface area contributed by atoms with E-state index in [0.29, 0.717) is 22.5 Å². The van der Waals surface area contributed by atoms with Crippen LogP contribution in [-0.2, 0) is 17.8 Å². The predicted molar refractivity (Wildman–Crippen MR) is 136 cm³/mol. The van der Waals surface area contributed by atoms with Crippen LogP contribution in [0.4, 0.5) is 5.82 Å². The largest absolute Gasteiger partial charge is 0.381 e. The number of nitrogens with one attached hydrogen (secondary N) is 1. The van der Waals surface area contributed by atoms with Crippen LogP contribution in [0.5, 0.6) is 0 Å². The molecule has 0 bridgehead atoms. The van der Waals surface area contributed by atoms with Gasteiger partial charge in [-0.05, 0) is 59.2 Å². The van der Waals surface area contributed by atoms with Crippen LogP contribution >= 0.6 is 11.6 Å². The highest BCUT2D eigenvalue weighted by molar-refractivity contribution is 6.30. The quantitative estimate of drug-likeness (QED) is 0.396. The minimum absolute atomic E-state index is 0.235. The Hall–Kier alpha value is -3.83. The molecule has 1 spiro atoms. The van der Waals surface area contributed by atoms with Crippen LogP contribution in [0.25, 0.3) is 5.69 Å². The molecule has 190 valence electrons. The number of aromatic nitrogens is 7. The summed E-state index contributed by atoms with van der Waals surface area (Å²) < 4.78 is 8.86. The van der Waals surface area contributed by atoms with Crippen LogP contribution in [-0.4, -0.2) is 67.2 Å². The van der Waals surface area contributed by atoms with E-state index in [2.05, 4.69) is 43.0 Å². The van der Waals surface area contributed by atoms with Gasteiger partial charge in [0.2, 0.25) is 0 Å². The van der Waals surface area contributed by atoms with Crippen molar-refractivity contribution < 1.29 is 9.53 Å². The first-order valence-corrected chi connectivity index (χ1v) is 12.5. The lowest BCUT2D eigenvalue weighted by atomic mass is 9.79. The number of amides is 1. The molecular weight excluding hydrogens is 494 g/mol. The van der Waals surface area contributed by atoms with Gasteiger partial charge in [0.15, 0.2) is 0 Å². The first-order valence-electron chi connectivity index (χ1n) is 12.1. The van der Waals surface area contributed by atoms with Gasteiger partial charge in [0.05, 0.1) is 30.6 Å². The van der Waals surface area contributed by atoms with Crippen molar-refractivity contribution >= 4 is 23.3 Å². The molecular formula is C25H26ClN9O2. The second kappa shape index (κ2) is 9.56. The zero-order chi connectivity index (χ0) is 25.4. The van der Waals surface area contributed by atoms with E-state index in [1.54, 1.807) is 29.2 Å². The maximum atomic E-state index is 12.8. The molecule has 37 heavy (non-hydrogen) atoms. The zero-order valence-electron chi connectivity index (χ0n) is 20.3. The molecule has 1 aromatic carbocycles. The lowest BCUT2D eigenvalue weighted by molar-refractivity contribution is 0.0951. The van der Waals surface area contributed by atoms with Gasteiger partial charge in [-0.25, -0.2) is 9.67 Å². The second-order valence-electron chi connectivity index (χ2n) is 9.71. The molecule has 2 saturated heterocycles. The van der Waals surface area contributed by atoms with E-state index < -0.39 is 0 Å². The smallest absolute Gasteiger partial charge is 0.254 e. The van der Waals surface area contributed by atoms with Crippen LogP contribution in [0, 0.1) is 12.3 Å². The van der Waals surface area contributed by atoms with Crippen molar-refractivity contribution in [3.63, 3.8) is 0 Å². The average molecular weight is 520 g/mol. The highest BCUT2D eigenvalue weighted by Gasteiger charge is 2.46. The zero-order valence-corrected chi connectivity index (χ0v) is 21.1. The van der Waals surface area contributed by atoms with Crippen molar-refractivity contribution in [3.8, 4) is 5.69 Å². The highest BCUT2D eigenvalue weighted by atomic mass is 35.5. The molecule has 4 aromatic rings. The third kappa shape index (κ3) is 4.79. The molecule has 0 radical (unpaired) electrons. The summed E-state index contributed by atoms with van der Waals surface area (Å²) in [4.78, 5) is 20.0. The van der Waals surface area contributed by atoms with Gasteiger partial charge in [-0.15, -0.1) is 5.10 Å². The van der Waals surface area contributed by atoms with Crippen molar-refractivity contribution in [1.29, 1.82) is 0 Å². The molecule has 0 saturated carbocycles. The maximum Gasteiger partial charge on any atom is 0.254 e. The molecule has 0 atom stereocenters. The summed E-state index contributed by atoms with van der Waals surface area (Å²) in [6.45, 7) is 6.53. The Morgan fingerprint density at radius 3 is 2.86 bits per heavy atom. The van der Waals surface area contributed by atoms with Gasteiger partial charge < -0.3 is 15.0 Å². The number of carbonyl (C=O) groups is 1. The van der Waals surface area contributed by atoms with Crippen molar-refractivity contribution in [2.24, 2.45) is 5.41 Å². The molecule has 2 aliphatic rings. The number of hydrogen-bond donors (Lipinski definition) is 1. The molecule has 1 amide bonds. The Balaban J connectivity index is 1.08. The minimum atomic E-state index is -0.235.